The summed E-state index contributed by atoms with van der Waals surface area (Å²) in [5, 5.41) is 0.562. The van der Waals surface area contributed by atoms with E-state index in [0.29, 0.717) is 42.9 Å². The van der Waals surface area contributed by atoms with Gasteiger partial charge < -0.3 is 4.90 Å². The van der Waals surface area contributed by atoms with Crippen LogP contribution in [-0.4, -0.2) is 51.4 Å². The van der Waals surface area contributed by atoms with E-state index in [1.165, 1.54) is 12.1 Å². The van der Waals surface area contributed by atoms with Gasteiger partial charge in [-0.3, -0.25) is 19.1 Å². The van der Waals surface area contributed by atoms with Gasteiger partial charge in [-0.2, -0.15) is 0 Å². The number of piperazine rings is 1. The summed E-state index contributed by atoms with van der Waals surface area (Å²) >= 11 is 3.46. The molecule has 0 bridgehead atoms. The molecule has 1 fully saturated rings. The Morgan fingerprint density at radius 1 is 0.943 bits per heavy atom. The van der Waals surface area contributed by atoms with Gasteiger partial charge in [-0.15, -0.1) is 0 Å². The first-order chi connectivity index (χ1) is 16.9. The number of benzene rings is 3. The average Bonchev–Trinajstić information content (AvgIpc) is 2.89. The molecular weight excluding hydrogens is 511 g/mol. The molecule has 0 spiro atoms. The van der Waals surface area contributed by atoms with Crippen LogP contribution in [0.4, 0.5) is 4.39 Å². The predicted molar refractivity (Wildman–Crippen MR) is 137 cm³/mol. The van der Waals surface area contributed by atoms with Gasteiger partial charge >= 0.3 is 0 Å². The number of carbonyl (C=O) groups is 1. The lowest BCUT2D eigenvalue weighted by Gasteiger charge is -2.38. The van der Waals surface area contributed by atoms with Crippen LogP contribution in [0.5, 0.6) is 0 Å². The molecule has 2 heterocycles. The maximum Gasteiger partial charge on any atom is 0.266 e. The van der Waals surface area contributed by atoms with E-state index in [4.69, 9.17) is 4.98 Å². The molecule has 1 aromatic heterocycles. The maximum absolute atomic E-state index is 14.1. The lowest BCUT2D eigenvalue weighted by molar-refractivity contribution is 0.0569. The molecule has 5 rings (SSSR count). The Kier molecular flexibility index (Phi) is 6.49. The molecular formula is C27H24BrFN4O2. The molecule has 1 aliphatic rings. The zero-order valence-corrected chi connectivity index (χ0v) is 20.8. The highest BCUT2D eigenvalue weighted by Crippen LogP contribution is 2.25. The van der Waals surface area contributed by atoms with Gasteiger partial charge in [0.25, 0.3) is 11.5 Å². The molecule has 6 nitrogen and oxygen atoms in total. The third-order valence-electron chi connectivity index (χ3n) is 6.51. The van der Waals surface area contributed by atoms with E-state index in [1.807, 2.05) is 49.4 Å². The second kappa shape index (κ2) is 9.71. The van der Waals surface area contributed by atoms with Crippen molar-refractivity contribution in [2.75, 3.05) is 26.2 Å². The van der Waals surface area contributed by atoms with Gasteiger partial charge in [-0.25, -0.2) is 9.37 Å². The highest BCUT2D eigenvalue weighted by molar-refractivity contribution is 9.10. The molecule has 0 saturated carbocycles. The van der Waals surface area contributed by atoms with Crippen molar-refractivity contribution in [2.24, 2.45) is 0 Å². The van der Waals surface area contributed by atoms with E-state index < -0.39 is 5.82 Å². The van der Waals surface area contributed by atoms with Crippen molar-refractivity contribution >= 4 is 32.7 Å². The second-order valence-electron chi connectivity index (χ2n) is 8.59. The van der Waals surface area contributed by atoms with Gasteiger partial charge in [0.2, 0.25) is 0 Å². The molecule has 1 aliphatic heterocycles. The van der Waals surface area contributed by atoms with Gasteiger partial charge in [-0.1, -0.05) is 40.2 Å². The summed E-state index contributed by atoms with van der Waals surface area (Å²) in [5.74, 6) is -0.164. The van der Waals surface area contributed by atoms with Crippen LogP contribution in [0.2, 0.25) is 0 Å². The summed E-state index contributed by atoms with van der Waals surface area (Å²) in [6.45, 7) is 4.14. The van der Waals surface area contributed by atoms with Gasteiger partial charge in [0.1, 0.15) is 11.6 Å². The number of carbonyl (C=O) groups excluding carboxylic acids is 1. The monoisotopic (exact) mass is 534 g/mol. The van der Waals surface area contributed by atoms with E-state index in [9.17, 15) is 14.0 Å². The number of nitrogens with zero attached hydrogens (tertiary/aromatic N) is 4. The minimum absolute atomic E-state index is 0.0919. The fraction of sp³-hybridized carbons (Fsp3) is 0.222. The molecule has 178 valence electrons. The van der Waals surface area contributed by atoms with Crippen molar-refractivity contribution in [2.45, 2.75) is 13.0 Å². The molecule has 1 amide bonds. The second-order valence-corrected chi connectivity index (χ2v) is 9.50. The van der Waals surface area contributed by atoms with Crippen molar-refractivity contribution in [1.29, 1.82) is 0 Å². The molecule has 1 unspecified atom stereocenters. The van der Waals surface area contributed by atoms with Crippen LogP contribution in [0.25, 0.3) is 16.6 Å². The Morgan fingerprint density at radius 3 is 2.31 bits per heavy atom. The summed E-state index contributed by atoms with van der Waals surface area (Å²) in [5.41, 5.74) is 1.37. The standard InChI is InChI=1S/C27H24BrFN4O2/c1-18(31-14-16-32(17-15-31)26(34)21-6-2-4-8-23(21)29)25-30-24-9-5-3-7-22(24)27(35)33(25)20-12-10-19(28)11-13-20/h2-13,18H,14-17H2,1H3. The highest BCUT2D eigenvalue weighted by atomic mass is 79.9. The van der Waals surface area contributed by atoms with Crippen LogP contribution in [0.3, 0.4) is 0 Å². The first kappa shape index (κ1) is 23.4. The Hall–Kier alpha value is -3.36. The van der Waals surface area contributed by atoms with E-state index in [-0.39, 0.29) is 23.1 Å². The van der Waals surface area contributed by atoms with E-state index in [0.717, 1.165) is 10.2 Å². The molecule has 4 aromatic rings. The summed E-state index contributed by atoms with van der Waals surface area (Å²) in [6.07, 6.45) is 0. The minimum atomic E-state index is -0.507. The van der Waals surface area contributed by atoms with E-state index in [1.54, 1.807) is 27.7 Å². The summed E-state index contributed by atoms with van der Waals surface area (Å²) < 4.78 is 16.7. The van der Waals surface area contributed by atoms with Crippen LogP contribution in [0.15, 0.2) is 82.1 Å². The maximum atomic E-state index is 14.1. The van der Waals surface area contributed by atoms with Crippen LogP contribution < -0.4 is 5.56 Å². The minimum Gasteiger partial charge on any atom is -0.336 e. The molecule has 3 aromatic carbocycles. The van der Waals surface area contributed by atoms with Crippen molar-refractivity contribution in [3.63, 3.8) is 0 Å². The van der Waals surface area contributed by atoms with Crippen LogP contribution in [0.1, 0.15) is 29.1 Å². The SMILES string of the molecule is CC(c1nc2ccccc2c(=O)n1-c1ccc(Br)cc1)N1CCN(C(=O)c2ccccc2F)CC1. The third kappa shape index (κ3) is 4.51. The predicted octanol–water partition coefficient (Wildman–Crippen LogP) is 4.81. The number of aromatic nitrogens is 2. The molecule has 0 aliphatic carbocycles. The number of hydrogen-bond donors (Lipinski definition) is 0. The Balaban J connectivity index is 1.45. The first-order valence-corrected chi connectivity index (χ1v) is 12.3. The number of hydrogen-bond acceptors (Lipinski definition) is 4. The Labute approximate surface area is 210 Å². The van der Waals surface area contributed by atoms with Crippen molar-refractivity contribution in [1.82, 2.24) is 19.4 Å². The largest absolute Gasteiger partial charge is 0.336 e. The number of amides is 1. The Bertz CT molecular complexity index is 1450. The van der Waals surface area contributed by atoms with Crippen molar-refractivity contribution in [3.05, 3.63) is 105 Å². The smallest absolute Gasteiger partial charge is 0.266 e. The number of para-hydroxylation sites is 1. The van der Waals surface area contributed by atoms with Crippen molar-refractivity contribution in [3.8, 4) is 5.69 Å². The molecule has 1 saturated heterocycles. The lowest BCUT2D eigenvalue weighted by atomic mass is 10.1. The van der Waals surface area contributed by atoms with E-state index in [2.05, 4.69) is 20.8 Å². The highest BCUT2D eigenvalue weighted by Gasteiger charge is 2.29. The van der Waals surface area contributed by atoms with E-state index >= 15 is 0 Å². The van der Waals surface area contributed by atoms with Crippen LogP contribution in [-0.2, 0) is 0 Å². The van der Waals surface area contributed by atoms with Crippen molar-refractivity contribution < 1.29 is 9.18 Å². The molecule has 8 heteroatoms. The fourth-order valence-electron chi connectivity index (χ4n) is 4.55. The van der Waals surface area contributed by atoms with Crippen LogP contribution >= 0.6 is 15.9 Å². The van der Waals surface area contributed by atoms with Gasteiger partial charge in [-0.05, 0) is 55.5 Å². The molecule has 0 N–H and O–H groups in total. The molecule has 1 atom stereocenters. The summed E-state index contributed by atoms with van der Waals surface area (Å²) in [4.78, 5) is 35.2. The summed E-state index contributed by atoms with van der Waals surface area (Å²) in [7, 11) is 0. The number of halogens is 2. The van der Waals surface area contributed by atoms with Crippen LogP contribution in [0, 0.1) is 5.82 Å². The van der Waals surface area contributed by atoms with Gasteiger partial charge in [0, 0.05) is 30.7 Å². The lowest BCUT2D eigenvalue weighted by Crippen LogP contribution is -2.50. The van der Waals surface area contributed by atoms with Gasteiger partial charge in [0.05, 0.1) is 28.2 Å². The molecule has 0 radical (unpaired) electrons. The number of rotatable bonds is 4. The van der Waals surface area contributed by atoms with Gasteiger partial charge in [0.15, 0.2) is 0 Å². The average molecular weight is 535 g/mol. The zero-order chi connectivity index (χ0) is 24.5. The normalized spacial score (nSPS) is 15.3. The zero-order valence-electron chi connectivity index (χ0n) is 19.2. The topological polar surface area (TPSA) is 58.4 Å². The number of fused-ring (bicyclic) bond motifs is 1. The Morgan fingerprint density at radius 2 is 1.60 bits per heavy atom. The molecule has 35 heavy (non-hydrogen) atoms. The third-order valence-corrected chi connectivity index (χ3v) is 7.04. The first-order valence-electron chi connectivity index (χ1n) is 11.5. The summed E-state index contributed by atoms with van der Waals surface area (Å²) in [6, 6.07) is 20.8. The fourth-order valence-corrected chi connectivity index (χ4v) is 4.81. The quantitative estimate of drug-likeness (QED) is 0.377.